The van der Waals surface area contributed by atoms with Crippen LogP contribution in [0.2, 0.25) is 0 Å². The number of nitrogens with one attached hydrogen (secondary N) is 1. The highest BCUT2D eigenvalue weighted by molar-refractivity contribution is 5.73. The van der Waals surface area contributed by atoms with Crippen molar-refractivity contribution in [2.75, 3.05) is 20.6 Å². The molecule has 5 nitrogen and oxygen atoms in total. The highest BCUT2D eigenvalue weighted by Gasteiger charge is 2.13. The topological polar surface area (TPSA) is 52.2 Å². The third-order valence-electron chi connectivity index (χ3n) is 2.07. The zero-order chi connectivity index (χ0) is 10.6. The Morgan fingerprint density at radius 3 is 2.71 bits per heavy atom. The van der Waals surface area contributed by atoms with Gasteiger partial charge in [0.2, 0.25) is 0 Å². The molecule has 1 aromatic rings. The molecule has 0 aliphatic rings. The standard InChI is InChI=1S/C9H16N4O/c1-4-12(2)9(14)13(3)7-8-10-5-6-11-8/h5-6H,4,7H2,1-3H3,(H,10,11). The van der Waals surface area contributed by atoms with Crippen LogP contribution in [0.4, 0.5) is 4.79 Å². The molecule has 0 saturated carbocycles. The van der Waals surface area contributed by atoms with Crippen molar-refractivity contribution in [2.45, 2.75) is 13.5 Å². The van der Waals surface area contributed by atoms with E-state index in [9.17, 15) is 4.79 Å². The zero-order valence-corrected chi connectivity index (χ0v) is 8.82. The Hall–Kier alpha value is -1.52. The lowest BCUT2D eigenvalue weighted by molar-refractivity contribution is 0.172. The average Bonchev–Trinajstić information content (AvgIpc) is 2.68. The van der Waals surface area contributed by atoms with E-state index in [4.69, 9.17) is 0 Å². The van der Waals surface area contributed by atoms with E-state index in [-0.39, 0.29) is 6.03 Å². The highest BCUT2D eigenvalue weighted by atomic mass is 16.2. The van der Waals surface area contributed by atoms with Gasteiger partial charge in [0.25, 0.3) is 0 Å². The van der Waals surface area contributed by atoms with Gasteiger partial charge in [0, 0.05) is 33.0 Å². The summed E-state index contributed by atoms with van der Waals surface area (Å²) in [6.45, 7) is 3.16. The molecule has 1 heterocycles. The SMILES string of the molecule is CCN(C)C(=O)N(C)Cc1ncc[nH]1. The van der Waals surface area contributed by atoms with Crippen molar-refractivity contribution in [3.63, 3.8) is 0 Å². The molecule has 0 bridgehead atoms. The number of amides is 2. The summed E-state index contributed by atoms with van der Waals surface area (Å²) in [5, 5.41) is 0. The fourth-order valence-corrected chi connectivity index (χ4v) is 1.10. The van der Waals surface area contributed by atoms with Gasteiger partial charge in [-0.05, 0) is 6.92 Å². The Bertz CT molecular complexity index is 283. The average molecular weight is 196 g/mol. The smallest absolute Gasteiger partial charge is 0.319 e. The first-order valence-electron chi connectivity index (χ1n) is 4.59. The van der Waals surface area contributed by atoms with Crippen LogP contribution >= 0.6 is 0 Å². The zero-order valence-electron chi connectivity index (χ0n) is 8.82. The predicted octanol–water partition coefficient (Wildman–Crippen LogP) is 0.913. The monoisotopic (exact) mass is 196 g/mol. The van der Waals surface area contributed by atoms with Gasteiger partial charge in [0.15, 0.2) is 0 Å². The molecule has 5 heteroatoms. The van der Waals surface area contributed by atoms with Crippen LogP contribution in [0.1, 0.15) is 12.7 Å². The van der Waals surface area contributed by atoms with Crippen molar-refractivity contribution in [2.24, 2.45) is 0 Å². The maximum atomic E-state index is 11.6. The molecule has 0 atom stereocenters. The number of rotatable bonds is 3. The lowest BCUT2D eigenvalue weighted by Crippen LogP contribution is -2.38. The summed E-state index contributed by atoms with van der Waals surface area (Å²) >= 11 is 0. The largest absolute Gasteiger partial charge is 0.347 e. The lowest BCUT2D eigenvalue weighted by Gasteiger charge is -2.22. The van der Waals surface area contributed by atoms with E-state index in [0.717, 1.165) is 5.82 Å². The second-order valence-electron chi connectivity index (χ2n) is 3.19. The van der Waals surface area contributed by atoms with Crippen LogP contribution in [0.5, 0.6) is 0 Å². The number of aromatic amines is 1. The highest BCUT2D eigenvalue weighted by Crippen LogP contribution is 1.99. The molecule has 0 radical (unpaired) electrons. The van der Waals surface area contributed by atoms with Gasteiger partial charge >= 0.3 is 6.03 Å². The molecule has 1 rings (SSSR count). The van der Waals surface area contributed by atoms with Crippen molar-refractivity contribution in [1.29, 1.82) is 0 Å². The van der Waals surface area contributed by atoms with E-state index in [2.05, 4.69) is 9.97 Å². The van der Waals surface area contributed by atoms with Crippen LogP contribution in [0, 0.1) is 0 Å². The van der Waals surface area contributed by atoms with Crippen molar-refractivity contribution in [3.8, 4) is 0 Å². The number of hydrogen-bond donors (Lipinski definition) is 1. The van der Waals surface area contributed by atoms with Crippen LogP contribution in [0.3, 0.4) is 0 Å². The Labute approximate surface area is 83.7 Å². The molecule has 0 saturated heterocycles. The molecule has 0 fully saturated rings. The van der Waals surface area contributed by atoms with Gasteiger partial charge in [-0.1, -0.05) is 0 Å². The summed E-state index contributed by atoms with van der Waals surface area (Å²) in [6, 6.07) is 0.00361. The van der Waals surface area contributed by atoms with Crippen molar-refractivity contribution in [1.82, 2.24) is 19.8 Å². The quantitative estimate of drug-likeness (QED) is 0.781. The normalized spacial score (nSPS) is 9.93. The Kier molecular flexibility index (Phi) is 3.50. The second kappa shape index (κ2) is 4.64. The minimum absolute atomic E-state index is 0.00361. The molecule has 0 aliphatic heterocycles. The fraction of sp³-hybridized carbons (Fsp3) is 0.556. The van der Waals surface area contributed by atoms with Crippen LogP contribution in [0.25, 0.3) is 0 Å². The summed E-state index contributed by atoms with van der Waals surface area (Å²) in [5.74, 6) is 0.797. The van der Waals surface area contributed by atoms with Gasteiger partial charge in [-0.3, -0.25) is 0 Å². The summed E-state index contributed by atoms with van der Waals surface area (Å²) in [6.07, 6.45) is 3.42. The van der Waals surface area contributed by atoms with E-state index in [0.29, 0.717) is 13.1 Å². The number of hydrogen-bond acceptors (Lipinski definition) is 2. The van der Waals surface area contributed by atoms with E-state index in [1.165, 1.54) is 0 Å². The molecule has 78 valence electrons. The number of H-pyrrole nitrogens is 1. The number of carbonyl (C=O) groups is 1. The summed E-state index contributed by atoms with van der Waals surface area (Å²) in [7, 11) is 3.54. The first-order chi connectivity index (χ1) is 6.65. The summed E-state index contributed by atoms with van der Waals surface area (Å²) in [5.41, 5.74) is 0. The molecule has 1 aromatic heterocycles. The van der Waals surface area contributed by atoms with Crippen LogP contribution in [0.15, 0.2) is 12.4 Å². The van der Waals surface area contributed by atoms with Gasteiger partial charge in [0.05, 0.1) is 6.54 Å². The second-order valence-corrected chi connectivity index (χ2v) is 3.19. The molecular weight excluding hydrogens is 180 g/mol. The van der Waals surface area contributed by atoms with Gasteiger partial charge in [-0.25, -0.2) is 9.78 Å². The molecule has 14 heavy (non-hydrogen) atoms. The minimum Gasteiger partial charge on any atom is -0.347 e. The minimum atomic E-state index is 0.00361. The molecule has 0 spiro atoms. The van der Waals surface area contributed by atoms with E-state index >= 15 is 0 Å². The molecule has 2 amide bonds. The molecule has 0 aromatic carbocycles. The van der Waals surface area contributed by atoms with E-state index in [1.807, 2.05) is 6.92 Å². The Morgan fingerprint density at radius 2 is 2.21 bits per heavy atom. The summed E-state index contributed by atoms with van der Waals surface area (Å²) in [4.78, 5) is 21.9. The van der Waals surface area contributed by atoms with Gasteiger partial charge in [0.1, 0.15) is 5.82 Å². The van der Waals surface area contributed by atoms with Gasteiger partial charge in [-0.15, -0.1) is 0 Å². The number of imidazole rings is 1. The van der Waals surface area contributed by atoms with Crippen LogP contribution in [-0.2, 0) is 6.54 Å². The predicted molar refractivity (Wildman–Crippen MR) is 53.8 cm³/mol. The molecule has 0 unspecified atom stereocenters. The number of carbonyl (C=O) groups excluding carboxylic acids is 1. The lowest BCUT2D eigenvalue weighted by atomic mass is 10.5. The third kappa shape index (κ3) is 2.48. The number of nitrogens with zero attached hydrogens (tertiary/aromatic N) is 3. The first kappa shape index (κ1) is 10.6. The molecule has 1 N–H and O–H groups in total. The Morgan fingerprint density at radius 1 is 1.50 bits per heavy atom. The van der Waals surface area contributed by atoms with Gasteiger partial charge in [-0.2, -0.15) is 0 Å². The van der Waals surface area contributed by atoms with E-state index < -0.39 is 0 Å². The van der Waals surface area contributed by atoms with Crippen molar-refractivity contribution >= 4 is 6.03 Å². The fourth-order valence-electron chi connectivity index (χ4n) is 1.10. The van der Waals surface area contributed by atoms with E-state index in [1.54, 1.807) is 36.3 Å². The number of aromatic nitrogens is 2. The van der Waals surface area contributed by atoms with Crippen molar-refractivity contribution < 1.29 is 4.79 Å². The third-order valence-corrected chi connectivity index (χ3v) is 2.07. The molecule has 0 aliphatic carbocycles. The van der Waals surface area contributed by atoms with Gasteiger partial charge < -0.3 is 14.8 Å². The first-order valence-corrected chi connectivity index (χ1v) is 4.59. The number of urea groups is 1. The Balaban J connectivity index is 2.50. The molecular formula is C9H16N4O. The van der Waals surface area contributed by atoms with Crippen molar-refractivity contribution in [3.05, 3.63) is 18.2 Å². The van der Waals surface area contributed by atoms with Crippen LogP contribution < -0.4 is 0 Å². The van der Waals surface area contributed by atoms with Crippen LogP contribution in [-0.4, -0.2) is 46.4 Å². The maximum Gasteiger partial charge on any atom is 0.319 e. The summed E-state index contributed by atoms with van der Waals surface area (Å²) < 4.78 is 0. The maximum absolute atomic E-state index is 11.6.